The molecule has 0 bridgehead atoms. The Bertz CT molecular complexity index is 632. The fraction of sp³-hybridized carbons (Fsp3) is 0.286. The number of thioether (sulfide) groups is 1. The van der Waals surface area contributed by atoms with E-state index in [1.165, 1.54) is 11.8 Å². The summed E-state index contributed by atoms with van der Waals surface area (Å²) in [6.45, 7) is 2.70. The number of benzene rings is 1. The van der Waals surface area contributed by atoms with Gasteiger partial charge in [-0.25, -0.2) is 0 Å². The van der Waals surface area contributed by atoms with Crippen molar-refractivity contribution in [2.75, 3.05) is 13.7 Å². The average Bonchev–Trinajstić information content (AvgIpc) is 2.66. The molecule has 0 spiro atoms. The molecule has 0 radical (unpaired) electrons. The quantitative estimate of drug-likeness (QED) is 0.317. The van der Waals surface area contributed by atoms with Crippen LogP contribution in [0.25, 0.3) is 6.08 Å². The van der Waals surface area contributed by atoms with Crippen LogP contribution in [0.5, 0.6) is 5.75 Å². The minimum Gasteiger partial charge on any atom is -0.495 e. The number of rotatable bonds is 4. The summed E-state index contributed by atoms with van der Waals surface area (Å²) >= 11 is 11.1. The van der Waals surface area contributed by atoms with Crippen molar-refractivity contribution in [1.29, 1.82) is 0 Å². The van der Waals surface area contributed by atoms with E-state index in [1.807, 2.05) is 25.1 Å². The van der Waals surface area contributed by atoms with Gasteiger partial charge in [-0.15, -0.1) is 0 Å². The molecular formula is C14H13I2NO2S2. The second-order valence-electron chi connectivity index (χ2n) is 4.34. The molecule has 0 atom stereocenters. The molecule has 1 heterocycles. The van der Waals surface area contributed by atoms with Gasteiger partial charge in [-0.1, -0.05) is 30.9 Å². The van der Waals surface area contributed by atoms with E-state index < -0.39 is 0 Å². The number of hydrogen-bond donors (Lipinski definition) is 0. The fourth-order valence-corrected chi connectivity index (χ4v) is 5.37. The maximum absolute atomic E-state index is 12.4. The Kier molecular flexibility index (Phi) is 6.33. The van der Waals surface area contributed by atoms with Gasteiger partial charge in [-0.3, -0.25) is 9.69 Å². The molecule has 112 valence electrons. The summed E-state index contributed by atoms with van der Waals surface area (Å²) in [6, 6.07) is 4.05. The molecule has 1 aliphatic heterocycles. The lowest BCUT2D eigenvalue weighted by Crippen LogP contribution is -2.28. The summed E-state index contributed by atoms with van der Waals surface area (Å²) in [5.41, 5.74) is 0.908. The van der Waals surface area contributed by atoms with Crippen LogP contribution in [0.3, 0.4) is 0 Å². The number of hydrogen-bond acceptors (Lipinski definition) is 4. The van der Waals surface area contributed by atoms with Crippen molar-refractivity contribution in [3.8, 4) is 5.75 Å². The van der Waals surface area contributed by atoms with E-state index >= 15 is 0 Å². The van der Waals surface area contributed by atoms with Gasteiger partial charge in [0.1, 0.15) is 10.1 Å². The fourth-order valence-electron chi connectivity index (χ4n) is 1.96. The van der Waals surface area contributed by atoms with E-state index in [0.717, 1.165) is 24.9 Å². The molecule has 0 unspecified atom stereocenters. The van der Waals surface area contributed by atoms with E-state index in [-0.39, 0.29) is 5.91 Å². The smallest absolute Gasteiger partial charge is 0.266 e. The molecule has 0 aromatic heterocycles. The van der Waals surface area contributed by atoms with Crippen LogP contribution < -0.4 is 4.74 Å². The van der Waals surface area contributed by atoms with Crippen molar-refractivity contribution in [3.05, 3.63) is 29.7 Å². The van der Waals surface area contributed by atoms with E-state index in [0.29, 0.717) is 15.8 Å². The third-order valence-corrected chi connectivity index (χ3v) is 5.65. The Morgan fingerprint density at radius 3 is 2.76 bits per heavy atom. The number of thiocarbonyl (C=S) groups is 1. The zero-order valence-corrected chi connectivity index (χ0v) is 17.4. The monoisotopic (exact) mass is 545 g/mol. The summed E-state index contributed by atoms with van der Waals surface area (Å²) in [7, 11) is 1.64. The predicted molar refractivity (Wildman–Crippen MR) is 109 cm³/mol. The van der Waals surface area contributed by atoms with Gasteiger partial charge in [0.05, 0.1) is 15.6 Å². The van der Waals surface area contributed by atoms with Crippen LogP contribution in [0.2, 0.25) is 0 Å². The van der Waals surface area contributed by atoms with E-state index in [1.54, 1.807) is 12.0 Å². The minimum absolute atomic E-state index is 0.0113. The number of ether oxygens (including phenoxy) is 1. The topological polar surface area (TPSA) is 29.5 Å². The van der Waals surface area contributed by atoms with Gasteiger partial charge in [0.15, 0.2) is 0 Å². The molecule has 1 amide bonds. The van der Waals surface area contributed by atoms with Crippen molar-refractivity contribution in [2.24, 2.45) is 0 Å². The molecular weight excluding hydrogens is 532 g/mol. The van der Waals surface area contributed by atoms with Crippen molar-refractivity contribution in [2.45, 2.75) is 13.3 Å². The van der Waals surface area contributed by atoms with Crippen LogP contribution in [-0.4, -0.2) is 28.8 Å². The highest BCUT2D eigenvalue weighted by Crippen LogP contribution is 2.36. The first-order valence-electron chi connectivity index (χ1n) is 6.26. The Hall–Kier alpha value is 0.130. The zero-order chi connectivity index (χ0) is 15.6. The molecule has 3 nitrogen and oxygen atoms in total. The lowest BCUT2D eigenvalue weighted by Gasteiger charge is -2.12. The molecule has 0 saturated carbocycles. The standard InChI is InChI=1S/C14H13I2NO2S2/c1-3-4-17-13(18)11(21-14(17)20)6-8-5-9(15)7-10(16)12(8)19-2/h5-7H,3-4H2,1-2H3. The molecule has 1 aliphatic rings. The molecule has 1 fully saturated rings. The molecule has 2 rings (SSSR count). The molecule has 1 aromatic carbocycles. The van der Waals surface area contributed by atoms with E-state index in [9.17, 15) is 4.79 Å². The number of nitrogens with zero attached hydrogens (tertiary/aromatic N) is 1. The highest BCUT2D eigenvalue weighted by atomic mass is 127. The van der Waals surface area contributed by atoms with Crippen molar-refractivity contribution in [3.63, 3.8) is 0 Å². The Labute approximate surface area is 161 Å². The lowest BCUT2D eigenvalue weighted by atomic mass is 10.2. The largest absolute Gasteiger partial charge is 0.495 e. The van der Waals surface area contributed by atoms with Crippen molar-refractivity contribution >= 4 is 85.5 Å². The highest BCUT2D eigenvalue weighted by molar-refractivity contribution is 14.1. The molecule has 1 aromatic rings. The van der Waals surface area contributed by atoms with Gasteiger partial charge in [0.2, 0.25) is 0 Å². The van der Waals surface area contributed by atoms with Gasteiger partial charge in [0.25, 0.3) is 5.91 Å². The Balaban J connectivity index is 2.41. The van der Waals surface area contributed by atoms with Gasteiger partial charge in [-0.2, -0.15) is 0 Å². The summed E-state index contributed by atoms with van der Waals surface area (Å²) in [6.07, 6.45) is 2.77. The Morgan fingerprint density at radius 2 is 2.14 bits per heavy atom. The summed E-state index contributed by atoms with van der Waals surface area (Å²) in [5, 5.41) is 0. The van der Waals surface area contributed by atoms with E-state index in [2.05, 4.69) is 45.2 Å². The third-order valence-electron chi connectivity index (χ3n) is 2.85. The van der Waals surface area contributed by atoms with Gasteiger partial charge in [0, 0.05) is 15.7 Å². The number of methoxy groups -OCH3 is 1. The van der Waals surface area contributed by atoms with Crippen LogP contribution in [0.4, 0.5) is 0 Å². The van der Waals surface area contributed by atoms with E-state index in [4.69, 9.17) is 17.0 Å². The van der Waals surface area contributed by atoms with Crippen LogP contribution in [0.1, 0.15) is 18.9 Å². The van der Waals surface area contributed by atoms with Crippen LogP contribution in [-0.2, 0) is 4.79 Å². The first-order valence-corrected chi connectivity index (χ1v) is 9.64. The van der Waals surface area contributed by atoms with Gasteiger partial charge in [-0.05, 0) is 69.8 Å². The second-order valence-corrected chi connectivity index (χ2v) is 8.43. The number of halogens is 2. The molecule has 0 N–H and O–H groups in total. The summed E-state index contributed by atoms with van der Waals surface area (Å²) < 4.78 is 8.22. The Morgan fingerprint density at radius 1 is 1.43 bits per heavy atom. The predicted octanol–water partition coefficient (Wildman–Crippen LogP) is 4.52. The third kappa shape index (κ3) is 3.91. The number of carbonyl (C=O) groups excluding carboxylic acids is 1. The average molecular weight is 545 g/mol. The summed E-state index contributed by atoms with van der Waals surface area (Å²) in [4.78, 5) is 14.7. The maximum atomic E-state index is 12.4. The SMILES string of the molecule is CCCN1C(=O)C(=Cc2cc(I)cc(I)c2OC)SC1=S. The maximum Gasteiger partial charge on any atom is 0.266 e. The van der Waals surface area contributed by atoms with Gasteiger partial charge >= 0.3 is 0 Å². The molecule has 21 heavy (non-hydrogen) atoms. The van der Waals surface area contributed by atoms with Crippen molar-refractivity contribution in [1.82, 2.24) is 4.90 Å². The zero-order valence-electron chi connectivity index (χ0n) is 11.5. The highest BCUT2D eigenvalue weighted by Gasteiger charge is 2.31. The van der Waals surface area contributed by atoms with Gasteiger partial charge < -0.3 is 4.74 Å². The molecule has 7 heteroatoms. The first-order chi connectivity index (χ1) is 9.97. The van der Waals surface area contributed by atoms with Crippen LogP contribution in [0.15, 0.2) is 17.0 Å². The molecule has 0 aliphatic carbocycles. The number of carbonyl (C=O) groups is 1. The first kappa shape index (κ1) is 17.5. The normalized spacial score (nSPS) is 17.0. The van der Waals surface area contributed by atoms with Crippen LogP contribution in [0, 0.1) is 7.14 Å². The lowest BCUT2D eigenvalue weighted by molar-refractivity contribution is -0.122. The van der Waals surface area contributed by atoms with Crippen molar-refractivity contribution < 1.29 is 9.53 Å². The molecule has 1 saturated heterocycles. The summed E-state index contributed by atoms with van der Waals surface area (Å²) in [5.74, 6) is 0.777. The number of amides is 1. The minimum atomic E-state index is -0.0113. The second kappa shape index (κ2) is 7.60. The van der Waals surface area contributed by atoms with Crippen LogP contribution >= 0.6 is 69.2 Å².